The molecular weight excluding hydrogens is 312 g/mol. The van der Waals surface area contributed by atoms with Gasteiger partial charge in [0, 0.05) is 17.7 Å². The Kier molecular flexibility index (Phi) is 5.71. The zero-order valence-corrected chi connectivity index (χ0v) is 15.0. The lowest BCUT2D eigenvalue weighted by Gasteiger charge is -2.18. The number of benzene rings is 2. The highest BCUT2D eigenvalue weighted by Crippen LogP contribution is 2.24. The second-order valence-electron chi connectivity index (χ2n) is 6.62. The Morgan fingerprint density at radius 2 is 1.80 bits per heavy atom. The van der Waals surface area contributed by atoms with Gasteiger partial charge in [-0.1, -0.05) is 30.3 Å². The van der Waals surface area contributed by atoms with Gasteiger partial charge < -0.3 is 10.1 Å². The molecule has 1 unspecified atom stereocenters. The lowest BCUT2D eigenvalue weighted by molar-refractivity contribution is 0.0939. The van der Waals surface area contributed by atoms with Gasteiger partial charge in [-0.05, 0) is 56.6 Å². The van der Waals surface area contributed by atoms with Gasteiger partial charge in [-0.25, -0.2) is 0 Å². The largest absolute Gasteiger partial charge is 0.496 e. The van der Waals surface area contributed by atoms with Crippen LogP contribution in [0.15, 0.2) is 48.5 Å². The van der Waals surface area contributed by atoms with E-state index in [1.54, 1.807) is 7.11 Å². The van der Waals surface area contributed by atoms with Crippen molar-refractivity contribution in [1.29, 1.82) is 0 Å². The molecular formula is C21H26N2O2. The molecule has 25 heavy (non-hydrogen) atoms. The van der Waals surface area contributed by atoms with Crippen molar-refractivity contribution >= 4 is 5.91 Å². The summed E-state index contributed by atoms with van der Waals surface area (Å²) in [5.41, 5.74) is 2.92. The van der Waals surface area contributed by atoms with Crippen molar-refractivity contribution in [2.75, 3.05) is 20.2 Å². The number of hydrogen-bond acceptors (Lipinski definition) is 3. The Bertz CT molecular complexity index is 706. The number of carbonyl (C=O) groups excluding carboxylic acids is 1. The maximum atomic E-state index is 12.5. The van der Waals surface area contributed by atoms with Crippen molar-refractivity contribution < 1.29 is 9.53 Å². The molecule has 3 rings (SSSR count). The Hall–Kier alpha value is -2.33. The number of hydrogen-bond donors (Lipinski definition) is 1. The van der Waals surface area contributed by atoms with Crippen LogP contribution in [0.5, 0.6) is 5.75 Å². The number of nitrogens with zero attached hydrogens (tertiary/aromatic N) is 1. The van der Waals surface area contributed by atoms with Gasteiger partial charge in [0.15, 0.2) is 0 Å². The van der Waals surface area contributed by atoms with Crippen LogP contribution in [0.1, 0.15) is 47.3 Å². The second kappa shape index (κ2) is 8.17. The highest BCUT2D eigenvalue weighted by molar-refractivity contribution is 5.94. The van der Waals surface area contributed by atoms with Crippen LogP contribution in [0.2, 0.25) is 0 Å². The summed E-state index contributed by atoms with van der Waals surface area (Å²) in [4.78, 5) is 15.0. The van der Waals surface area contributed by atoms with Crippen LogP contribution < -0.4 is 10.1 Å². The second-order valence-corrected chi connectivity index (χ2v) is 6.62. The molecule has 132 valence electrons. The highest BCUT2D eigenvalue weighted by Gasteiger charge is 2.15. The first-order valence-electron chi connectivity index (χ1n) is 8.92. The third-order valence-electron chi connectivity index (χ3n) is 4.77. The van der Waals surface area contributed by atoms with Gasteiger partial charge in [-0.3, -0.25) is 9.69 Å². The van der Waals surface area contributed by atoms with E-state index in [9.17, 15) is 4.79 Å². The minimum Gasteiger partial charge on any atom is -0.496 e. The molecule has 0 bridgehead atoms. The lowest BCUT2D eigenvalue weighted by Crippen LogP contribution is -2.27. The SMILES string of the molecule is COc1ccccc1C(C)NC(=O)c1ccc(CN2CCCC2)cc1. The molecule has 1 atom stereocenters. The fraction of sp³-hybridized carbons (Fsp3) is 0.381. The number of ether oxygens (including phenoxy) is 1. The zero-order chi connectivity index (χ0) is 17.6. The van der Waals surface area contributed by atoms with Gasteiger partial charge in [-0.15, -0.1) is 0 Å². The predicted octanol–water partition coefficient (Wildman–Crippen LogP) is 3.78. The highest BCUT2D eigenvalue weighted by atomic mass is 16.5. The standard InChI is InChI=1S/C21H26N2O2/c1-16(19-7-3-4-8-20(19)25-2)22-21(24)18-11-9-17(10-12-18)15-23-13-5-6-14-23/h3-4,7-12,16H,5-6,13-15H2,1-2H3,(H,22,24). The topological polar surface area (TPSA) is 41.6 Å². The van der Waals surface area contributed by atoms with E-state index >= 15 is 0 Å². The minimum absolute atomic E-state index is 0.0638. The van der Waals surface area contributed by atoms with Gasteiger partial charge in [0.25, 0.3) is 5.91 Å². The molecule has 1 aliphatic rings. The molecule has 1 amide bonds. The molecule has 1 heterocycles. The van der Waals surface area contributed by atoms with Crippen molar-refractivity contribution in [1.82, 2.24) is 10.2 Å². The van der Waals surface area contributed by atoms with Crippen molar-refractivity contribution in [3.05, 3.63) is 65.2 Å². The maximum absolute atomic E-state index is 12.5. The molecule has 0 aromatic heterocycles. The molecule has 1 saturated heterocycles. The summed E-state index contributed by atoms with van der Waals surface area (Å²) >= 11 is 0. The first-order chi connectivity index (χ1) is 12.2. The predicted molar refractivity (Wildman–Crippen MR) is 99.8 cm³/mol. The van der Waals surface area contributed by atoms with Crippen LogP contribution in [0, 0.1) is 0 Å². The monoisotopic (exact) mass is 338 g/mol. The van der Waals surface area contributed by atoms with E-state index in [2.05, 4.69) is 22.3 Å². The zero-order valence-electron chi connectivity index (χ0n) is 15.0. The summed E-state index contributed by atoms with van der Waals surface area (Å²) in [6.07, 6.45) is 2.59. The molecule has 4 heteroatoms. The van der Waals surface area contributed by atoms with E-state index in [1.165, 1.54) is 31.5 Å². The smallest absolute Gasteiger partial charge is 0.251 e. The number of nitrogens with one attached hydrogen (secondary N) is 1. The van der Waals surface area contributed by atoms with Crippen molar-refractivity contribution in [3.63, 3.8) is 0 Å². The van der Waals surface area contributed by atoms with E-state index in [0.29, 0.717) is 5.56 Å². The number of rotatable bonds is 6. The van der Waals surface area contributed by atoms with E-state index in [4.69, 9.17) is 4.74 Å². The summed E-state index contributed by atoms with van der Waals surface area (Å²) in [5, 5.41) is 3.05. The summed E-state index contributed by atoms with van der Waals surface area (Å²) in [5.74, 6) is 0.724. The Labute approximate surface area is 149 Å². The number of carbonyl (C=O) groups is 1. The summed E-state index contributed by atoms with van der Waals surface area (Å²) in [7, 11) is 1.65. The van der Waals surface area contributed by atoms with Gasteiger partial charge in [0.1, 0.15) is 5.75 Å². The lowest BCUT2D eigenvalue weighted by atomic mass is 10.1. The Morgan fingerprint density at radius 3 is 2.48 bits per heavy atom. The first kappa shape index (κ1) is 17.5. The molecule has 2 aromatic carbocycles. The van der Waals surface area contributed by atoms with Crippen LogP contribution in [0.4, 0.5) is 0 Å². The molecule has 2 aromatic rings. The minimum atomic E-state index is -0.118. The fourth-order valence-electron chi connectivity index (χ4n) is 3.34. The van der Waals surface area contributed by atoms with E-state index < -0.39 is 0 Å². The van der Waals surface area contributed by atoms with E-state index in [0.717, 1.165) is 17.9 Å². The van der Waals surface area contributed by atoms with E-state index in [1.807, 2.05) is 43.3 Å². The molecule has 0 aliphatic carbocycles. The molecule has 0 spiro atoms. The molecule has 1 aliphatic heterocycles. The molecule has 0 radical (unpaired) electrons. The average Bonchev–Trinajstić information content (AvgIpc) is 3.15. The molecule has 1 fully saturated rings. The van der Waals surface area contributed by atoms with E-state index in [-0.39, 0.29) is 11.9 Å². The fourth-order valence-corrected chi connectivity index (χ4v) is 3.34. The number of likely N-dealkylation sites (tertiary alicyclic amines) is 1. The summed E-state index contributed by atoms with van der Waals surface area (Å²) < 4.78 is 5.38. The number of para-hydroxylation sites is 1. The number of amides is 1. The summed E-state index contributed by atoms with van der Waals surface area (Å²) in [6, 6.07) is 15.6. The number of methoxy groups -OCH3 is 1. The van der Waals surface area contributed by atoms with Crippen molar-refractivity contribution in [2.45, 2.75) is 32.4 Å². The molecule has 1 N–H and O–H groups in total. The first-order valence-corrected chi connectivity index (χ1v) is 8.92. The van der Waals surface area contributed by atoms with Crippen LogP contribution in [-0.4, -0.2) is 31.0 Å². The normalized spacial score (nSPS) is 15.8. The quantitative estimate of drug-likeness (QED) is 0.871. The van der Waals surface area contributed by atoms with Gasteiger partial charge >= 0.3 is 0 Å². The van der Waals surface area contributed by atoms with Crippen LogP contribution in [0.3, 0.4) is 0 Å². The Balaban J connectivity index is 1.62. The maximum Gasteiger partial charge on any atom is 0.251 e. The molecule has 4 nitrogen and oxygen atoms in total. The Morgan fingerprint density at radius 1 is 1.12 bits per heavy atom. The average molecular weight is 338 g/mol. The van der Waals surface area contributed by atoms with Crippen molar-refractivity contribution in [3.8, 4) is 5.75 Å². The van der Waals surface area contributed by atoms with Gasteiger partial charge in [-0.2, -0.15) is 0 Å². The van der Waals surface area contributed by atoms with Crippen LogP contribution in [-0.2, 0) is 6.54 Å². The summed E-state index contributed by atoms with van der Waals surface area (Å²) in [6.45, 7) is 5.30. The van der Waals surface area contributed by atoms with Crippen LogP contribution in [0.25, 0.3) is 0 Å². The van der Waals surface area contributed by atoms with Crippen molar-refractivity contribution in [2.24, 2.45) is 0 Å². The van der Waals surface area contributed by atoms with Gasteiger partial charge in [0.2, 0.25) is 0 Å². The van der Waals surface area contributed by atoms with Gasteiger partial charge in [0.05, 0.1) is 13.2 Å². The third-order valence-corrected chi connectivity index (χ3v) is 4.77. The molecule has 0 saturated carbocycles. The third kappa shape index (κ3) is 4.40. The van der Waals surface area contributed by atoms with Crippen LogP contribution >= 0.6 is 0 Å².